The standard InChI is InChI=1S/C32H26ClN3O5/c1-39-18-7-4-16(5-8-18)29-26(25-22-14-17(33)6-10-24(22)35-31(25)37)27(32(38)41-3)30-28-20(12-13-36(29)30)21-15-19(40-2)9-11-23(21)34-28/h4-11,14-15,25,34H,12-13H2,1-3H3,(H,35,37)/t25-/m0/s1. The number of nitrogens with zero attached hydrogens (tertiary/aromatic N) is 1. The van der Waals surface area contributed by atoms with Crippen molar-refractivity contribution in [3.63, 3.8) is 0 Å². The Bertz CT molecular complexity index is 1890. The van der Waals surface area contributed by atoms with Gasteiger partial charge in [-0.2, -0.15) is 0 Å². The maximum absolute atomic E-state index is 13.8. The van der Waals surface area contributed by atoms with Gasteiger partial charge in [-0.3, -0.25) is 4.79 Å². The molecular weight excluding hydrogens is 542 g/mol. The Morgan fingerprint density at radius 3 is 2.44 bits per heavy atom. The molecule has 2 aliphatic heterocycles. The highest BCUT2D eigenvalue weighted by Crippen LogP contribution is 2.50. The van der Waals surface area contributed by atoms with Crippen molar-refractivity contribution < 1.29 is 23.8 Å². The van der Waals surface area contributed by atoms with Gasteiger partial charge in [0.05, 0.1) is 49.9 Å². The number of fused-ring (bicyclic) bond motifs is 6. The first kappa shape index (κ1) is 25.3. The third-order valence-electron chi connectivity index (χ3n) is 8.12. The summed E-state index contributed by atoms with van der Waals surface area (Å²) in [5, 5.41) is 4.53. The van der Waals surface area contributed by atoms with Crippen molar-refractivity contribution in [2.45, 2.75) is 18.9 Å². The maximum Gasteiger partial charge on any atom is 0.340 e. The van der Waals surface area contributed by atoms with Gasteiger partial charge >= 0.3 is 5.97 Å². The van der Waals surface area contributed by atoms with E-state index < -0.39 is 11.9 Å². The predicted molar refractivity (Wildman–Crippen MR) is 157 cm³/mol. The molecule has 5 aromatic rings. The molecule has 0 saturated carbocycles. The lowest BCUT2D eigenvalue weighted by molar-refractivity contribution is -0.116. The normalized spacial score (nSPS) is 15.2. The van der Waals surface area contributed by atoms with E-state index in [4.69, 9.17) is 25.8 Å². The molecule has 3 aromatic carbocycles. The van der Waals surface area contributed by atoms with Crippen LogP contribution in [0, 0.1) is 0 Å². The number of methoxy groups -OCH3 is 3. The lowest BCUT2D eigenvalue weighted by atomic mass is 9.87. The van der Waals surface area contributed by atoms with E-state index in [0.717, 1.165) is 39.2 Å². The second-order valence-electron chi connectivity index (χ2n) is 10.2. The Balaban J connectivity index is 1.59. The number of hydrogen-bond acceptors (Lipinski definition) is 5. The summed E-state index contributed by atoms with van der Waals surface area (Å²) in [5.41, 5.74) is 7.48. The number of anilines is 1. The monoisotopic (exact) mass is 567 g/mol. The summed E-state index contributed by atoms with van der Waals surface area (Å²) >= 11 is 6.42. The number of amides is 1. The number of aromatic nitrogens is 2. The minimum absolute atomic E-state index is 0.230. The fourth-order valence-electron chi connectivity index (χ4n) is 6.33. The molecule has 0 saturated heterocycles. The Morgan fingerprint density at radius 1 is 0.951 bits per heavy atom. The number of aryl methyl sites for hydroxylation is 1. The molecule has 2 aliphatic rings. The van der Waals surface area contributed by atoms with Crippen LogP contribution in [0.15, 0.2) is 60.7 Å². The number of halogens is 1. The van der Waals surface area contributed by atoms with Crippen LogP contribution in [0.5, 0.6) is 11.5 Å². The second kappa shape index (κ2) is 9.45. The summed E-state index contributed by atoms with van der Waals surface area (Å²) in [6.45, 7) is 0.592. The van der Waals surface area contributed by atoms with Gasteiger partial charge in [0.2, 0.25) is 5.91 Å². The summed E-state index contributed by atoms with van der Waals surface area (Å²) in [4.78, 5) is 31.0. The number of aromatic amines is 1. The number of benzene rings is 3. The van der Waals surface area contributed by atoms with E-state index in [1.165, 1.54) is 7.11 Å². The van der Waals surface area contributed by atoms with Gasteiger partial charge in [-0.1, -0.05) is 11.6 Å². The van der Waals surface area contributed by atoms with Crippen molar-refractivity contribution in [2.24, 2.45) is 0 Å². The zero-order valence-electron chi connectivity index (χ0n) is 22.6. The van der Waals surface area contributed by atoms with Gasteiger partial charge in [0.15, 0.2) is 0 Å². The first-order valence-corrected chi connectivity index (χ1v) is 13.6. The van der Waals surface area contributed by atoms with E-state index in [1.807, 2.05) is 42.5 Å². The number of carbonyl (C=O) groups is 2. The molecule has 7 rings (SSSR count). The molecule has 1 atom stereocenters. The molecule has 0 radical (unpaired) electrons. The molecule has 206 valence electrons. The summed E-state index contributed by atoms with van der Waals surface area (Å²) in [6, 6.07) is 18.9. The first-order valence-electron chi connectivity index (χ1n) is 13.2. The summed E-state index contributed by atoms with van der Waals surface area (Å²) in [7, 11) is 4.62. The molecule has 4 heterocycles. The van der Waals surface area contributed by atoms with Crippen molar-refractivity contribution in [1.29, 1.82) is 0 Å². The highest BCUT2D eigenvalue weighted by atomic mass is 35.5. The van der Waals surface area contributed by atoms with Crippen molar-refractivity contribution in [2.75, 3.05) is 26.6 Å². The minimum atomic E-state index is -0.777. The van der Waals surface area contributed by atoms with Crippen LogP contribution in [-0.2, 0) is 22.5 Å². The van der Waals surface area contributed by atoms with Gasteiger partial charge in [0, 0.05) is 33.7 Å². The van der Waals surface area contributed by atoms with Crippen molar-refractivity contribution in [3.8, 4) is 34.1 Å². The Morgan fingerprint density at radius 2 is 1.71 bits per heavy atom. The molecule has 0 spiro atoms. The predicted octanol–water partition coefficient (Wildman–Crippen LogP) is 6.40. The van der Waals surface area contributed by atoms with Crippen LogP contribution in [-0.4, -0.2) is 42.8 Å². The molecule has 0 unspecified atom stereocenters. The largest absolute Gasteiger partial charge is 0.497 e. The molecule has 9 heteroatoms. The lowest BCUT2D eigenvalue weighted by Gasteiger charge is -2.20. The van der Waals surface area contributed by atoms with E-state index in [1.54, 1.807) is 32.4 Å². The summed E-state index contributed by atoms with van der Waals surface area (Å²) in [5.74, 6) is -0.0655. The van der Waals surface area contributed by atoms with E-state index in [-0.39, 0.29) is 5.91 Å². The average molecular weight is 568 g/mol. The molecule has 0 aliphatic carbocycles. The number of esters is 1. The number of carbonyl (C=O) groups excluding carboxylic acids is 2. The zero-order chi connectivity index (χ0) is 28.4. The van der Waals surface area contributed by atoms with Crippen LogP contribution in [0.25, 0.3) is 33.5 Å². The van der Waals surface area contributed by atoms with Gasteiger partial charge in [0.1, 0.15) is 11.5 Å². The smallest absolute Gasteiger partial charge is 0.340 e. The molecule has 8 nitrogen and oxygen atoms in total. The number of H-pyrrole nitrogens is 1. The molecule has 41 heavy (non-hydrogen) atoms. The van der Waals surface area contributed by atoms with E-state index in [0.29, 0.717) is 51.8 Å². The molecule has 1 amide bonds. The molecule has 0 bridgehead atoms. The quantitative estimate of drug-likeness (QED) is 0.240. The SMILES string of the molecule is COC(=O)c1c([C@H]2C(=O)Nc3ccc(Cl)cc32)c(-c2ccc(OC)cc2)n2c1-c1[nH]c3ccc(OC)cc3c1CC2. The van der Waals surface area contributed by atoms with Gasteiger partial charge in [-0.15, -0.1) is 0 Å². The van der Waals surface area contributed by atoms with Crippen molar-refractivity contribution in [1.82, 2.24) is 9.55 Å². The minimum Gasteiger partial charge on any atom is -0.497 e. The Kier molecular flexibility index (Phi) is 5.83. The van der Waals surface area contributed by atoms with Crippen LogP contribution >= 0.6 is 11.6 Å². The zero-order valence-corrected chi connectivity index (χ0v) is 23.4. The fourth-order valence-corrected chi connectivity index (χ4v) is 6.51. The van der Waals surface area contributed by atoms with Crippen LogP contribution in [0.2, 0.25) is 5.02 Å². The van der Waals surface area contributed by atoms with Crippen molar-refractivity contribution >= 4 is 40.1 Å². The molecule has 2 aromatic heterocycles. The van der Waals surface area contributed by atoms with Crippen LogP contribution < -0.4 is 14.8 Å². The third-order valence-corrected chi connectivity index (χ3v) is 8.36. The maximum atomic E-state index is 13.8. The number of rotatable bonds is 5. The van der Waals surface area contributed by atoms with Gasteiger partial charge < -0.3 is 29.1 Å². The van der Waals surface area contributed by atoms with E-state index in [9.17, 15) is 9.59 Å². The van der Waals surface area contributed by atoms with E-state index in [2.05, 4.69) is 14.9 Å². The van der Waals surface area contributed by atoms with Crippen LogP contribution in [0.4, 0.5) is 5.69 Å². The van der Waals surface area contributed by atoms with Crippen LogP contribution in [0.3, 0.4) is 0 Å². The summed E-state index contributed by atoms with van der Waals surface area (Å²) in [6.07, 6.45) is 0.715. The highest BCUT2D eigenvalue weighted by Gasteiger charge is 2.42. The summed E-state index contributed by atoms with van der Waals surface area (Å²) < 4.78 is 18.4. The fraction of sp³-hybridized carbons (Fsp3) is 0.188. The first-order chi connectivity index (χ1) is 19.9. The second-order valence-corrected chi connectivity index (χ2v) is 10.6. The Hall–Kier alpha value is -4.69. The molecule has 0 fully saturated rings. The topological polar surface area (TPSA) is 94.6 Å². The molecular formula is C32H26ClN3O5. The Labute approximate surface area is 240 Å². The average Bonchev–Trinajstić information content (AvgIpc) is 3.64. The third kappa shape index (κ3) is 3.74. The van der Waals surface area contributed by atoms with Crippen molar-refractivity contribution in [3.05, 3.63) is 87.9 Å². The number of ether oxygens (including phenoxy) is 3. The molecule has 2 N–H and O–H groups in total. The highest BCUT2D eigenvalue weighted by molar-refractivity contribution is 6.31. The van der Waals surface area contributed by atoms with Crippen LogP contribution in [0.1, 0.15) is 33.0 Å². The lowest BCUT2D eigenvalue weighted by Crippen LogP contribution is -2.17. The number of hydrogen-bond donors (Lipinski definition) is 2. The van der Waals surface area contributed by atoms with Gasteiger partial charge in [0.25, 0.3) is 0 Å². The number of nitrogens with one attached hydrogen (secondary N) is 2. The van der Waals surface area contributed by atoms with Gasteiger partial charge in [-0.25, -0.2) is 4.79 Å². The van der Waals surface area contributed by atoms with Gasteiger partial charge in [-0.05, 0) is 83.8 Å². The van der Waals surface area contributed by atoms with E-state index >= 15 is 0 Å².